The fourth-order valence-electron chi connectivity index (χ4n) is 5.36. The van der Waals surface area contributed by atoms with Crippen LogP contribution < -0.4 is 20.9 Å². The molecule has 0 unspecified atom stereocenters. The number of thioether (sulfide) groups is 1. The van der Waals surface area contributed by atoms with Gasteiger partial charge in [0.15, 0.2) is 10.9 Å². The van der Waals surface area contributed by atoms with E-state index in [0.29, 0.717) is 27.7 Å². The molecule has 0 N–H and O–H groups in total. The maximum Gasteiger partial charge on any atom is 0.297 e. The van der Waals surface area contributed by atoms with Gasteiger partial charge in [-0.05, 0) is 73.6 Å². The Hall–Kier alpha value is -5.29. The van der Waals surface area contributed by atoms with Gasteiger partial charge in [0, 0.05) is 33.9 Å². The summed E-state index contributed by atoms with van der Waals surface area (Å²) in [5.41, 5.74) is 4.08. The summed E-state index contributed by atoms with van der Waals surface area (Å²) in [5, 5.41) is 0.230. The molecular weight excluding hydrogens is 586 g/mol. The lowest BCUT2D eigenvalue weighted by Gasteiger charge is -2.14. The summed E-state index contributed by atoms with van der Waals surface area (Å²) in [5.74, 6) is -0.390. The second-order valence-corrected chi connectivity index (χ2v) is 12.0. The molecule has 0 saturated carbocycles. The van der Waals surface area contributed by atoms with Crippen LogP contribution in [-0.2, 0) is 18.9 Å². The van der Waals surface area contributed by atoms with Gasteiger partial charge in [-0.1, -0.05) is 48.5 Å². The van der Waals surface area contributed by atoms with Crippen molar-refractivity contribution in [3.63, 3.8) is 0 Å². The van der Waals surface area contributed by atoms with E-state index in [2.05, 4.69) is 0 Å². The van der Waals surface area contributed by atoms with Gasteiger partial charge in [0.25, 0.3) is 17.0 Å². The first-order chi connectivity index (χ1) is 21.6. The summed E-state index contributed by atoms with van der Waals surface area (Å²) in [6.45, 7) is 3.61. The zero-order valence-electron chi connectivity index (χ0n) is 25.9. The zero-order chi connectivity index (χ0) is 32.0. The Kier molecular flexibility index (Phi) is 7.71. The Labute approximate surface area is 264 Å². The highest BCUT2D eigenvalue weighted by Gasteiger charge is 2.39. The third kappa shape index (κ3) is 5.14. The predicted octanol–water partition coefficient (Wildman–Crippen LogP) is 5.16. The molecule has 0 atom stereocenters. The summed E-state index contributed by atoms with van der Waals surface area (Å²) in [6, 6.07) is 26.4. The van der Waals surface area contributed by atoms with E-state index in [0.717, 1.165) is 23.0 Å². The first kappa shape index (κ1) is 29.8. The topological polar surface area (TPSA) is 89.8 Å². The van der Waals surface area contributed by atoms with E-state index in [-0.39, 0.29) is 27.7 Å². The molecule has 0 spiro atoms. The lowest BCUT2D eigenvalue weighted by atomic mass is 10.2. The first-order valence-corrected chi connectivity index (χ1v) is 15.2. The summed E-state index contributed by atoms with van der Waals surface area (Å²) < 4.78 is 6.53. The fraction of sp³-hybridized carbons (Fsp3) is 0.176. The van der Waals surface area contributed by atoms with Gasteiger partial charge in [0.05, 0.1) is 27.7 Å². The molecule has 3 aromatic carbocycles. The minimum Gasteiger partial charge on any atom is -0.378 e. The number of aromatic nitrogens is 4. The maximum absolute atomic E-state index is 14.2. The van der Waals surface area contributed by atoms with Crippen molar-refractivity contribution in [3.8, 4) is 11.4 Å². The van der Waals surface area contributed by atoms with Crippen LogP contribution in [0.2, 0.25) is 0 Å². The molecule has 0 aliphatic carbocycles. The number of anilines is 2. The Morgan fingerprint density at radius 1 is 0.711 bits per heavy atom. The van der Waals surface area contributed by atoms with E-state index < -0.39 is 5.91 Å². The lowest BCUT2D eigenvalue weighted by molar-refractivity contribution is -0.113. The molecule has 1 saturated heterocycles. The van der Waals surface area contributed by atoms with Crippen molar-refractivity contribution >= 4 is 46.0 Å². The number of nitrogens with zero attached hydrogens (tertiary/aromatic N) is 7. The third-order valence-electron chi connectivity index (χ3n) is 7.99. The van der Waals surface area contributed by atoms with E-state index in [1.54, 1.807) is 41.1 Å². The third-order valence-corrected chi connectivity index (χ3v) is 8.96. The largest absolute Gasteiger partial charge is 0.378 e. The number of aliphatic imine (C=N–C) groups is 1. The Morgan fingerprint density at radius 2 is 1.24 bits per heavy atom. The van der Waals surface area contributed by atoms with Gasteiger partial charge in [-0.2, -0.15) is 0 Å². The van der Waals surface area contributed by atoms with Gasteiger partial charge >= 0.3 is 0 Å². The Morgan fingerprint density at radius 3 is 1.80 bits per heavy atom. The number of carbonyl (C=O) groups excluding carboxylic acids is 1. The summed E-state index contributed by atoms with van der Waals surface area (Å²) >= 11 is 1.14. The van der Waals surface area contributed by atoms with Gasteiger partial charge in [0.1, 0.15) is 5.69 Å². The van der Waals surface area contributed by atoms with Crippen LogP contribution in [0.1, 0.15) is 17.0 Å². The molecule has 3 heterocycles. The molecule has 2 aromatic heterocycles. The van der Waals surface area contributed by atoms with Crippen molar-refractivity contribution in [2.24, 2.45) is 19.1 Å². The predicted molar refractivity (Wildman–Crippen MR) is 182 cm³/mol. The average molecular weight is 620 g/mol. The first-order valence-electron chi connectivity index (χ1n) is 14.4. The van der Waals surface area contributed by atoms with E-state index in [1.807, 2.05) is 111 Å². The van der Waals surface area contributed by atoms with Crippen LogP contribution in [0.4, 0.5) is 17.1 Å². The smallest absolute Gasteiger partial charge is 0.297 e. The van der Waals surface area contributed by atoms with Crippen molar-refractivity contribution in [2.45, 2.75) is 13.8 Å². The summed E-state index contributed by atoms with van der Waals surface area (Å²) in [7, 11) is 7.50. The Bertz CT molecular complexity index is 2100. The van der Waals surface area contributed by atoms with Crippen LogP contribution in [0.3, 0.4) is 0 Å². The SMILES string of the molecule is Cc1c(N=C2S/C(=C\c3ccc(N(C)C)cc3)C(=O)N2c2c(C)n(C)n(-c3ccccc3)c2=O)c(=O)n(-c2ccccc2)n1C. The van der Waals surface area contributed by atoms with Crippen molar-refractivity contribution in [1.29, 1.82) is 0 Å². The molecule has 1 aliphatic rings. The molecule has 10 nitrogen and oxygen atoms in total. The van der Waals surface area contributed by atoms with Gasteiger partial charge in [-0.25, -0.2) is 19.3 Å². The van der Waals surface area contributed by atoms with Crippen LogP contribution >= 0.6 is 11.8 Å². The van der Waals surface area contributed by atoms with Crippen LogP contribution in [0, 0.1) is 13.8 Å². The lowest BCUT2D eigenvalue weighted by Crippen LogP contribution is -2.34. The monoisotopic (exact) mass is 619 g/mol. The number of amidine groups is 1. The summed E-state index contributed by atoms with van der Waals surface area (Å²) in [6.07, 6.45) is 1.79. The molecule has 11 heteroatoms. The van der Waals surface area contributed by atoms with E-state index in [4.69, 9.17) is 4.99 Å². The van der Waals surface area contributed by atoms with E-state index >= 15 is 0 Å². The number of rotatable bonds is 6. The highest BCUT2D eigenvalue weighted by molar-refractivity contribution is 8.19. The number of hydrogen-bond acceptors (Lipinski definition) is 6. The number of para-hydroxylation sites is 2. The molecule has 228 valence electrons. The highest BCUT2D eigenvalue weighted by Crippen LogP contribution is 2.38. The maximum atomic E-state index is 14.2. The molecule has 0 radical (unpaired) electrons. The van der Waals surface area contributed by atoms with E-state index in [1.165, 1.54) is 9.58 Å². The van der Waals surface area contributed by atoms with Crippen LogP contribution in [0.25, 0.3) is 17.5 Å². The molecular formula is C34H33N7O3S. The van der Waals surface area contributed by atoms with Gasteiger partial charge < -0.3 is 4.90 Å². The van der Waals surface area contributed by atoms with Crippen molar-refractivity contribution in [3.05, 3.63) is 127 Å². The van der Waals surface area contributed by atoms with Gasteiger partial charge in [-0.3, -0.25) is 23.7 Å². The minimum absolute atomic E-state index is 0.181. The van der Waals surface area contributed by atoms with E-state index in [9.17, 15) is 14.4 Å². The second kappa shape index (κ2) is 11.7. The standard InChI is InChI=1S/C34H33N7O3S/c1-22-29(32(43)40(37(22)5)26-13-9-7-10-14-26)35-34-39(30-23(2)38(6)41(33(30)44)27-15-11-8-12-16-27)31(42)28(45-34)21-24-17-19-25(20-18-24)36(3)4/h7-21H,1-6H3/b28-21-,35-34?. The van der Waals surface area contributed by atoms with Crippen molar-refractivity contribution in [2.75, 3.05) is 23.9 Å². The quantitative estimate of drug-likeness (QED) is 0.245. The average Bonchev–Trinajstić information content (AvgIpc) is 3.54. The van der Waals surface area contributed by atoms with Crippen LogP contribution in [-0.4, -0.2) is 43.9 Å². The fourth-order valence-corrected chi connectivity index (χ4v) is 6.33. The zero-order valence-corrected chi connectivity index (χ0v) is 26.7. The normalized spacial score (nSPS) is 15.1. The number of carbonyl (C=O) groups is 1. The molecule has 6 rings (SSSR count). The second-order valence-electron chi connectivity index (χ2n) is 11.0. The van der Waals surface area contributed by atoms with Crippen molar-refractivity contribution < 1.29 is 4.79 Å². The molecule has 0 bridgehead atoms. The number of hydrogen-bond donors (Lipinski definition) is 0. The number of benzene rings is 3. The molecule has 1 aliphatic heterocycles. The minimum atomic E-state index is -0.390. The number of amides is 1. The molecule has 1 fully saturated rings. The highest BCUT2D eigenvalue weighted by atomic mass is 32.2. The van der Waals surface area contributed by atoms with Gasteiger partial charge in [-0.15, -0.1) is 0 Å². The molecule has 5 aromatic rings. The van der Waals surface area contributed by atoms with Crippen LogP contribution in [0.5, 0.6) is 0 Å². The summed E-state index contributed by atoms with van der Waals surface area (Å²) in [4.78, 5) is 50.6. The van der Waals surface area contributed by atoms with Crippen LogP contribution in [0.15, 0.2) is 104 Å². The molecule has 45 heavy (non-hydrogen) atoms. The van der Waals surface area contributed by atoms with Gasteiger partial charge in [0.2, 0.25) is 0 Å². The molecule has 1 amide bonds. The Balaban J connectivity index is 1.54. The van der Waals surface area contributed by atoms with Crippen molar-refractivity contribution in [1.82, 2.24) is 18.7 Å².